The van der Waals surface area contributed by atoms with Gasteiger partial charge < -0.3 is 9.47 Å². The molecule has 1 saturated carbocycles. The molecule has 1 N–H and O–H groups in total. The van der Waals surface area contributed by atoms with Gasteiger partial charge in [-0.25, -0.2) is 4.98 Å². The monoisotopic (exact) mass is 435 g/mol. The van der Waals surface area contributed by atoms with E-state index in [0.717, 1.165) is 42.0 Å². The standard InChI is InChI=1S/C24H29N5O3/c1-3-27(4-2)11-12-28-18-8-6-5-7-17(18)25-24(28)26-19(30)14-29-22(31)20-15-9-10-16(13-15)21(20)23(29)32/h5-10,15-16,20-21H,3-4,11-14H2,1-2H3,(H,25,26,30)/t15-,16-,20-,21-/m0/s1. The molecular weight excluding hydrogens is 406 g/mol. The van der Waals surface area contributed by atoms with Crippen molar-refractivity contribution in [1.29, 1.82) is 0 Å². The molecule has 2 fully saturated rings. The number of nitrogens with one attached hydrogen (secondary N) is 1. The number of amides is 3. The molecule has 32 heavy (non-hydrogen) atoms. The molecule has 1 aromatic heterocycles. The molecule has 1 aliphatic heterocycles. The van der Waals surface area contributed by atoms with Crippen LogP contribution in [0.15, 0.2) is 36.4 Å². The van der Waals surface area contributed by atoms with Crippen LogP contribution in [0.1, 0.15) is 20.3 Å². The Balaban J connectivity index is 1.32. The van der Waals surface area contributed by atoms with Crippen LogP contribution < -0.4 is 5.32 Å². The molecular formula is C24H29N5O3. The number of aromatic nitrogens is 2. The third kappa shape index (κ3) is 3.33. The van der Waals surface area contributed by atoms with Crippen LogP contribution in [0.2, 0.25) is 0 Å². The number of carbonyl (C=O) groups is 3. The van der Waals surface area contributed by atoms with Gasteiger partial charge in [-0.3, -0.25) is 24.6 Å². The first kappa shape index (κ1) is 20.9. The third-order valence-corrected chi connectivity index (χ3v) is 7.30. The molecule has 8 heteroatoms. The highest BCUT2D eigenvalue weighted by atomic mass is 16.2. The number of nitrogens with zero attached hydrogens (tertiary/aromatic N) is 4. The van der Waals surface area contributed by atoms with Crippen molar-refractivity contribution in [3.8, 4) is 0 Å². The number of imide groups is 1. The summed E-state index contributed by atoms with van der Waals surface area (Å²) < 4.78 is 2.00. The first-order valence-corrected chi connectivity index (χ1v) is 11.5. The van der Waals surface area contributed by atoms with Gasteiger partial charge in [-0.05, 0) is 43.5 Å². The van der Waals surface area contributed by atoms with Gasteiger partial charge in [-0.15, -0.1) is 0 Å². The summed E-state index contributed by atoms with van der Waals surface area (Å²) in [6.45, 7) is 7.39. The van der Waals surface area contributed by atoms with Gasteiger partial charge in [0.05, 0.1) is 22.9 Å². The van der Waals surface area contributed by atoms with Crippen molar-refractivity contribution in [3.63, 3.8) is 0 Å². The van der Waals surface area contributed by atoms with Gasteiger partial charge in [0.25, 0.3) is 0 Å². The molecule has 0 spiro atoms. The van der Waals surface area contributed by atoms with Gasteiger partial charge in [0.15, 0.2) is 0 Å². The predicted molar refractivity (Wildman–Crippen MR) is 121 cm³/mol. The lowest BCUT2D eigenvalue weighted by Crippen LogP contribution is -2.39. The molecule has 2 bridgehead atoms. The molecule has 1 aromatic carbocycles. The van der Waals surface area contributed by atoms with Crippen molar-refractivity contribution < 1.29 is 14.4 Å². The minimum absolute atomic E-state index is 0.138. The van der Waals surface area contributed by atoms with E-state index in [1.54, 1.807) is 0 Å². The number of imidazole rings is 1. The minimum Gasteiger partial charge on any atom is -0.309 e. The molecule has 2 heterocycles. The number of allylic oxidation sites excluding steroid dienone is 2. The van der Waals surface area contributed by atoms with Crippen LogP contribution in [0.3, 0.4) is 0 Å². The normalized spacial score (nSPS) is 26.0. The third-order valence-electron chi connectivity index (χ3n) is 7.30. The highest BCUT2D eigenvalue weighted by molar-refractivity contribution is 6.09. The average Bonchev–Trinajstić information content (AvgIpc) is 3.54. The van der Waals surface area contributed by atoms with Gasteiger partial charge in [-0.2, -0.15) is 0 Å². The number of benzene rings is 1. The van der Waals surface area contributed by atoms with Crippen molar-refractivity contribution in [1.82, 2.24) is 19.4 Å². The number of anilines is 1. The van der Waals surface area contributed by atoms with Crippen molar-refractivity contribution in [3.05, 3.63) is 36.4 Å². The molecule has 0 unspecified atom stereocenters. The maximum absolute atomic E-state index is 12.9. The number of likely N-dealkylation sites (tertiary alicyclic amines) is 1. The molecule has 3 amide bonds. The first-order valence-electron chi connectivity index (χ1n) is 11.5. The van der Waals surface area contributed by atoms with Gasteiger partial charge >= 0.3 is 0 Å². The summed E-state index contributed by atoms with van der Waals surface area (Å²) in [5, 5.41) is 2.86. The Kier molecular flexibility index (Phi) is 5.33. The SMILES string of the molecule is CCN(CC)CCn1c(NC(=O)CN2C(=O)[C@@H]3[C@@H](C2=O)[C@H]2C=C[C@H]3C2)nc2ccccc21. The number of hydrogen-bond donors (Lipinski definition) is 1. The van der Waals surface area contributed by atoms with Crippen LogP contribution in [0.5, 0.6) is 0 Å². The van der Waals surface area contributed by atoms with E-state index in [1.807, 2.05) is 28.8 Å². The summed E-state index contributed by atoms with van der Waals surface area (Å²) in [7, 11) is 0. The van der Waals surface area contributed by atoms with Crippen molar-refractivity contribution in [2.45, 2.75) is 26.8 Å². The zero-order valence-electron chi connectivity index (χ0n) is 18.5. The van der Waals surface area contributed by atoms with Crippen LogP contribution >= 0.6 is 0 Å². The highest BCUT2D eigenvalue weighted by Crippen LogP contribution is 2.52. The number of likely N-dealkylation sites (N-methyl/N-ethyl adjacent to an activating group) is 1. The second-order valence-electron chi connectivity index (χ2n) is 8.91. The zero-order valence-corrected chi connectivity index (χ0v) is 18.5. The van der Waals surface area contributed by atoms with Crippen LogP contribution in [-0.4, -0.2) is 63.3 Å². The Morgan fingerprint density at radius 3 is 2.41 bits per heavy atom. The van der Waals surface area contributed by atoms with Gasteiger partial charge in [0.1, 0.15) is 6.54 Å². The molecule has 5 rings (SSSR count). The fourth-order valence-electron chi connectivity index (χ4n) is 5.61. The molecule has 3 aliphatic rings. The highest BCUT2D eigenvalue weighted by Gasteiger charge is 2.59. The largest absolute Gasteiger partial charge is 0.309 e. The smallest absolute Gasteiger partial charge is 0.246 e. The lowest BCUT2D eigenvalue weighted by Gasteiger charge is -2.20. The Labute approximate surface area is 187 Å². The molecule has 168 valence electrons. The molecule has 2 aliphatic carbocycles. The Morgan fingerprint density at radius 1 is 1.09 bits per heavy atom. The van der Waals surface area contributed by atoms with E-state index in [2.05, 4.69) is 41.2 Å². The first-order chi connectivity index (χ1) is 15.5. The second kappa shape index (κ2) is 8.16. The predicted octanol–water partition coefficient (Wildman–Crippen LogP) is 2.12. The minimum atomic E-state index is -0.397. The van der Waals surface area contributed by atoms with Crippen molar-refractivity contribution in [2.75, 3.05) is 31.5 Å². The van der Waals surface area contributed by atoms with E-state index < -0.39 is 5.91 Å². The van der Waals surface area contributed by atoms with Crippen LogP contribution in [-0.2, 0) is 20.9 Å². The second-order valence-corrected chi connectivity index (χ2v) is 8.91. The lowest BCUT2D eigenvalue weighted by molar-refractivity contribution is -0.143. The molecule has 2 aromatic rings. The maximum atomic E-state index is 12.9. The number of carbonyl (C=O) groups excluding carboxylic acids is 3. The Hall–Kier alpha value is -3.00. The summed E-state index contributed by atoms with van der Waals surface area (Å²) >= 11 is 0. The summed E-state index contributed by atoms with van der Waals surface area (Å²) in [4.78, 5) is 46.7. The topological polar surface area (TPSA) is 87.5 Å². The summed E-state index contributed by atoms with van der Waals surface area (Å²) in [5.74, 6) is -0.662. The molecule has 0 radical (unpaired) electrons. The average molecular weight is 436 g/mol. The fraction of sp³-hybridized carbons (Fsp3) is 0.500. The van der Waals surface area contributed by atoms with E-state index in [0.29, 0.717) is 12.5 Å². The van der Waals surface area contributed by atoms with E-state index in [9.17, 15) is 14.4 Å². The van der Waals surface area contributed by atoms with Gasteiger partial charge in [0.2, 0.25) is 23.7 Å². The van der Waals surface area contributed by atoms with E-state index >= 15 is 0 Å². The van der Waals surface area contributed by atoms with Crippen molar-refractivity contribution >= 4 is 34.7 Å². The Bertz CT molecular complexity index is 1070. The summed E-state index contributed by atoms with van der Waals surface area (Å²) in [6, 6.07) is 7.76. The van der Waals surface area contributed by atoms with Gasteiger partial charge in [0, 0.05) is 13.1 Å². The lowest BCUT2D eigenvalue weighted by atomic mass is 9.85. The van der Waals surface area contributed by atoms with Crippen LogP contribution in [0.4, 0.5) is 5.95 Å². The van der Waals surface area contributed by atoms with Crippen molar-refractivity contribution in [2.24, 2.45) is 23.7 Å². The fourth-order valence-corrected chi connectivity index (χ4v) is 5.61. The van der Waals surface area contributed by atoms with Crippen LogP contribution in [0.25, 0.3) is 11.0 Å². The summed E-state index contributed by atoms with van der Waals surface area (Å²) in [6.07, 6.45) is 4.99. The quantitative estimate of drug-likeness (QED) is 0.507. The van der Waals surface area contributed by atoms with Gasteiger partial charge in [-0.1, -0.05) is 38.1 Å². The molecule has 8 nitrogen and oxygen atoms in total. The molecule has 4 atom stereocenters. The Morgan fingerprint density at radius 2 is 1.75 bits per heavy atom. The summed E-state index contributed by atoms with van der Waals surface area (Å²) in [5.41, 5.74) is 1.74. The number of rotatable bonds is 8. The van der Waals surface area contributed by atoms with Crippen LogP contribution in [0, 0.1) is 23.7 Å². The molecule has 1 saturated heterocycles. The van der Waals surface area contributed by atoms with E-state index in [-0.39, 0.29) is 42.0 Å². The number of fused-ring (bicyclic) bond motifs is 6. The van der Waals surface area contributed by atoms with E-state index in [4.69, 9.17) is 0 Å². The number of para-hydroxylation sites is 2. The zero-order chi connectivity index (χ0) is 22.4. The maximum Gasteiger partial charge on any atom is 0.246 e. The number of hydrogen-bond acceptors (Lipinski definition) is 5. The van der Waals surface area contributed by atoms with E-state index in [1.165, 1.54) is 0 Å².